The van der Waals surface area contributed by atoms with E-state index in [2.05, 4.69) is 16.4 Å². The topological polar surface area (TPSA) is 68.7 Å². The zero-order chi connectivity index (χ0) is 20.8. The molecule has 2 N–H and O–H groups in total. The van der Waals surface area contributed by atoms with Crippen LogP contribution in [0, 0.1) is 11.3 Å². The van der Waals surface area contributed by atoms with Gasteiger partial charge in [0.15, 0.2) is 0 Å². The second-order valence-electron chi connectivity index (χ2n) is 6.65. The minimum atomic E-state index is -0.143. The second-order valence-corrected chi connectivity index (χ2v) is 7.70. The van der Waals surface area contributed by atoms with Gasteiger partial charge < -0.3 is 10.3 Å². The van der Waals surface area contributed by atoms with Crippen LogP contribution >= 0.6 is 11.8 Å². The van der Waals surface area contributed by atoms with E-state index in [1.807, 2.05) is 85.1 Å². The van der Waals surface area contributed by atoms with Crippen molar-refractivity contribution in [1.82, 2.24) is 10.3 Å². The highest BCUT2D eigenvalue weighted by Crippen LogP contribution is 2.36. The van der Waals surface area contributed by atoms with Gasteiger partial charge in [-0.25, -0.2) is 0 Å². The number of rotatable bonds is 6. The van der Waals surface area contributed by atoms with Crippen molar-refractivity contribution in [3.63, 3.8) is 0 Å². The van der Waals surface area contributed by atoms with E-state index in [9.17, 15) is 10.1 Å². The molecule has 1 aromatic heterocycles. The van der Waals surface area contributed by atoms with Crippen LogP contribution in [0.1, 0.15) is 21.5 Å². The van der Waals surface area contributed by atoms with Crippen molar-refractivity contribution in [3.8, 4) is 17.2 Å². The van der Waals surface area contributed by atoms with Gasteiger partial charge in [-0.3, -0.25) is 4.79 Å². The summed E-state index contributed by atoms with van der Waals surface area (Å²) in [7, 11) is 0. The van der Waals surface area contributed by atoms with E-state index < -0.39 is 0 Å². The normalized spacial score (nSPS) is 10.4. The van der Waals surface area contributed by atoms with E-state index in [1.54, 1.807) is 6.07 Å². The summed E-state index contributed by atoms with van der Waals surface area (Å²) in [5.74, 6) is -0.143. The first-order valence-corrected chi connectivity index (χ1v) is 10.3. The number of aromatic amines is 1. The van der Waals surface area contributed by atoms with Crippen molar-refractivity contribution in [3.05, 3.63) is 108 Å². The molecule has 0 aliphatic carbocycles. The predicted octanol–water partition coefficient (Wildman–Crippen LogP) is 5.63. The molecule has 5 heteroatoms. The molecule has 0 atom stereocenters. The fourth-order valence-corrected chi connectivity index (χ4v) is 4.18. The summed E-state index contributed by atoms with van der Waals surface area (Å²) in [5.41, 5.74) is 4.03. The van der Waals surface area contributed by atoms with Crippen molar-refractivity contribution in [2.75, 3.05) is 0 Å². The highest BCUT2D eigenvalue weighted by Gasteiger charge is 2.17. The molecule has 1 amide bonds. The minimum Gasteiger partial charge on any atom is -0.354 e. The first kappa shape index (κ1) is 19.6. The number of aromatic nitrogens is 1. The number of amides is 1. The number of H-pyrrole nitrogens is 1. The zero-order valence-corrected chi connectivity index (χ0v) is 16.9. The third-order valence-electron chi connectivity index (χ3n) is 4.68. The fourth-order valence-electron chi connectivity index (χ4n) is 3.17. The van der Waals surface area contributed by atoms with E-state index in [4.69, 9.17) is 0 Å². The summed E-state index contributed by atoms with van der Waals surface area (Å²) in [4.78, 5) is 16.8. The lowest BCUT2D eigenvalue weighted by atomic mass is 10.1. The molecule has 1 heterocycles. The van der Waals surface area contributed by atoms with Gasteiger partial charge in [-0.2, -0.15) is 5.26 Å². The van der Waals surface area contributed by atoms with E-state index in [0.717, 1.165) is 26.6 Å². The van der Waals surface area contributed by atoms with Gasteiger partial charge in [-0.05, 0) is 23.3 Å². The monoisotopic (exact) mass is 409 g/mol. The Morgan fingerprint density at radius 2 is 1.60 bits per heavy atom. The molecule has 0 unspecified atom stereocenters. The molecule has 4 rings (SSSR count). The van der Waals surface area contributed by atoms with Crippen LogP contribution in [0.25, 0.3) is 11.1 Å². The molecule has 0 saturated carbocycles. The lowest BCUT2D eigenvalue weighted by Gasteiger charge is -2.10. The van der Waals surface area contributed by atoms with Crippen molar-refractivity contribution < 1.29 is 4.79 Å². The molecule has 146 valence electrons. The molecule has 4 nitrogen and oxygen atoms in total. The maximum atomic E-state index is 12.8. The van der Waals surface area contributed by atoms with Crippen LogP contribution in [0.5, 0.6) is 0 Å². The number of nitrogens with zero attached hydrogens (tertiary/aromatic N) is 1. The quantitative estimate of drug-likeness (QED) is 0.433. The van der Waals surface area contributed by atoms with Crippen molar-refractivity contribution >= 4 is 17.7 Å². The number of benzene rings is 3. The molecule has 0 fully saturated rings. The number of nitriles is 1. The number of hydrogen-bond donors (Lipinski definition) is 2. The van der Waals surface area contributed by atoms with E-state index in [1.165, 1.54) is 11.8 Å². The smallest absolute Gasteiger partial charge is 0.252 e. The summed E-state index contributed by atoms with van der Waals surface area (Å²) in [6.45, 7) is 0.461. The Balaban J connectivity index is 1.57. The van der Waals surface area contributed by atoms with Gasteiger partial charge in [0.2, 0.25) is 0 Å². The van der Waals surface area contributed by atoms with Gasteiger partial charge in [-0.1, -0.05) is 84.6 Å². The third kappa shape index (κ3) is 4.29. The Morgan fingerprint density at radius 1 is 0.933 bits per heavy atom. The number of carbonyl (C=O) groups excluding carboxylic acids is 1. The van der Waals surface area contributed by atoms with Gasteiger partial charge in [0.05, 0.1) is 16.2 Å². The van der Waals surface area contributed by atoms with Crippen LogP contribution in [0.4, 0.5) is 0 Å². The SMILES string of the molecule is N#Cc1c(-c2ccccc2)c[nH]c1Sc1ccccc1C(=O)NCc1ccccc1. The van der Waals surface area contributed by atoms with Crippen LogP contribution in [-0.4, -0.2) is 10.9 Å². The fraction of sp³-hybridized carbons (Fsp3) is 0.0400. The van der Waals surface area contributed by atoms with E-state index in [-0.39, 0.29) is 5.91 Å². The summed E-state index contributed by atoms with van der Waals surface area (Å²) < 4.78 is 0. The first-order valence-electron chi connectivity index (χ1n) is 9.52. The van der Waals surface area contributed by atoms with Gasteiger partial charge in [0.1, 0.15) is 6.07 Å². The number of carbonyl (C=O) groups is 1. The van der Waals surface area contributed by atoms with Gasteiger partial charge in [0, 0.05) is 23.2 Å². The number of nitrogens with one attached hydrogen (secondary N) is 2. The molecule has 3 aromatic carbocycles. The Labute approximate surface area is 179 Å². The standard InChI is InChI=1S/C25H19N3OS/c26-15-21-22(19-11-5-2-6-12-19)17-28-25(21)30-23-14-8-7-13-20(23)24(29)27-16-18-9-3-1-4-10-18/h1-14,17,28H,16H2,(H,27,29). The highest BCUT2D eigenvalue weighted by molar-refractivity contribution is 7.99. The molecule has 30 heavy (non-hydrogen) atoms. The van der Waals surface area contributed by atoms with E-state index >= 15 is 0 Å². The summed E-state index contributed by atoms with van der Waals surface area (Å²) >= 11 is 1.39. The molecule has 0 aliphatic heterocycles. The molecule has 0 aliphatic rings. The van der Waals surface area contributed by atoms with Crippen LogP contribution in [-0.2, 0) is 6.54 Å². The number of hydrogen-bond acceptors (Lipinski definition) is 3. The van der Waals surface area contributed by atoms with Crippen molar-refractivity contribution in [1.29, 1.82) is 5.26 Å². The minimum absolute atomic E-state index is 0.143. The lowest BCUT2D eigenvalue weighted by molar-refractivity contribution is 0.0948. The van der Waals surface area contributed by atoms with Crippen LogP contribution in [0.2, 0.25) is 0 Å². The molecule has 0 saturated heterocycles. The second kappa shape index (κ2) is 9.17. The Kier molecular flexibility index (Phi) is 5.98. The molecule has 4 aromatic rings. The van der Waals surface area contributed by atoms with Crippen molar-refractivity contribution in [2.45, 2.75) is 16.5 Å². The molecular formula is C25H19N3OS. The Bertz CT molecular complexity index is 1190. The average Bonchev–Trinajstić information content (AvgIpc) is 3.21. The summed E-state index contributed by atoms with van der Waals surface area (Å²) in [6.07, 6.45) is 1.84. The molecular weight excluding hydrogens is 390 g/mol. The van der Waals surface area contributed by atoms with Crippen LogP contribution < -0.4 is 5.32 Å². The van der Waals surface area contributed by atoms with Crippen LogP contribution in [0.15, 0.2) is 101 Å². The largest absolute Gasteiger partial charge is 0.354 e. The zero-order valence-electron chi connectivity index (χ0n) is 16.1. The Morgan fingerprint density at radius 3 is 2.33 bits per heavy atom. The third-order valence-corrected chi connectivity index (χ3v) is 5.78. The first-order chi connectivity index (χ1) is 14.8. The maximum absolute atomic E-state index is 12.8. The van der Waals surface area contributed by atoms with Gasteiger partial charge in [-0.15, -0.1) is 0 Å². The maximum Gasteiger partial charge on any atom is 0.252 e. The predicted molar refractivity (Wildman–Crippen MR) is 119 cm³/mol. The van der Waals surface area contributed by atoms with E-state index in [0.29, 0.717) is 17.7 Å². The van der Waals surface area contributed by atoms with Crippen molar-refractivity contribution in [2.24, 2.45) is 0 Å². The van der Waals surface area contributed by atoms with Gasteiger partial charge in [0.25, 0.3) is 5.91 Å². The molecule has 0 spiro atoms. The summed E-state index contributed by atoms with van der Waals surface area (Å²) in [6, 6.07) is 29.3. The van der Waals surface area contributed by atoms with Crippen LogP contribution in [0.3, 0.4) is 0 Å². The highest BCUT2D eigenvalue weighted by atomic mass is 32.2. The average molecular weight is 410 g/mol. The summed E-state index contributed by atoms with van der Waals surface area (Å²) in [5, 5.41) is 13.4. The lowest BCUT2D eigenvalue weighted by Crippen LogP contribution is -2.23. The molecule has 0 radical (unpaired) electrons. The van der Waals surface area contributed by atoms with Gasteiger partial charge >= 0.3 is 0 Å². The Hall–Kier alpha value is -3.75. The molecule has 0 bridgehead atoms.